The van der Waals surface area contributed by atoms with E-state index in [4.69, 9.17) is 18.3 Å². The number of hydrogen-bond acceptors (Lipinski definition) is 5. The molecule has 3 aromatic rings. The quantitative estimate of drug-likeness (QED) is 0.754. The zero-order valence-corrected chi connectivity index (χ0v) is 14.8. The first kappa shape index (κ1) is 16.3. The minimum Gasteiger partial charge on any atom is -0.465 e. The number of carbonyl (C=O) groups is 1. The number of benzene rings is 1. The fourth-order valence-corrected chi connectivity index (χ4v) is 3.16. The zero-order chi connectivity index (χ0) is 18.3. The summed E-state index contributed by atoms with van der Waals surface area (Å²) in [6, 6.07) is 11.3. The van der Waals surface area contributed by atoms with Crippen LogP contribution in [0, 0.1) is 13.8 Å². The van der Waals surface area contributed by atoms with Gasteiger partial charge >= 0.3 is 0 Å². The first-order valence-corrected chi connectivity index (χ1v) is 8.35. The highest BCUT2D eigenvalue weighted by Crippen LogP contribution is 2.44. The molecule has 134 valence electrons. The topological polar surface area (TPSA) is 73.8 Å². The van der Waals surface area contributed by atoms with Crippen molar-refractivity contribution in [2.75, 3.05) is 12.1 Å². The molecular weight excluding hydrogens is 334 g/mol. The molecule has 1 aliphatic heterocycles. The number of aryl methyl sites for hydroxylation is 2. The van der Waals surface area contributed by atoms with Gasteiger partial charge in [0.25, 0.3) is 0 Å². The van der Waals surface area contributed by atoms with Gasteiger partial charge in [-0.05, 0) is 49.7 Å². The van der Waals surface area contributed by atoms with E-state index >= 15 is 0 Å². The van der Waals surface area contributed by atoms with Crippen molar-refractivity contribution in [3.05, 3.63) is 65.0 Å². The molecule has 6 heteroatoms. The molecule has 0 fully saturated rings. The van der Waals surface area contributed by atoms with Gasteiger partial charge in [0.2, 0.25) is 12.7 Å². The number of ether oxygens (including phenoxy) is 2. The summed E-state index contributed by atoms with van der Waals surface area (Å²) in [5.41, 5.74) is 1.45. The fraction of sp³-hybridized carbons (Fsp3) is 0.250. The number of rotatable bonds is 4. The lowest BCUT2D eigenvalue weighted by Gasteiger charge is -2.18. The van der Waals surface area contributed by atoms with Gasteiger partial charge in [0.05, 0.1) is 0 Å². The Balaban J connectivity index is 1.91. The van der Waals surface area contributed by atoms with Gasteiger partial charge in [-0.3, -0.25) is 4.79 Å². The largest absolute Gasteiger partial charge is 0.465 e. The van der Waals surface area contributed by atoms with Gasteiger partial charge in [-0.2, -0.15) is 0 Å². The van der Waals surface area contributed by atoms with Crippen molar-refractivity contribution in [2.24, 2.45) is 0 Å². The van der Waals surface area contributed by atoms with Gasteiger partial charge in [-0.15, -0.1) is 0 Å². The number of hydrogen-bond donors (Lipinski definition) is 1. The number of amides is 1. The maximum absolute atomic E-state index is 11.7. The van der Waals surface area contributed by atoms with Crippen LogP contribution in [0.2, 0.25) is 0 Å². The molecule has 0 radical (unpaired) electrons. The van der Waals surface area contributed by atoms with Crippen molar-refractivity contribution in [1.29, 1.82) is 0 Å². The van der Waals surface area contributed by atoms with Gasteiger partial charge < -0.3 is 23.6 Å². The number of fused-ring (bicyclic) bond motifs is 1. The summed E-state index contributed by atoms with van der Waals surface area (Å²) in [7, 11) is 0. The third kappa shape index (κ3) is 2.94. The number of carbonyl (C=O) groups excluding carboxylic acids is 1. The van der Waals surface area contributed by atoms with Crippen molar-refractivity contribution < 1.29 is 23.1 Å². The second-order valence-electron chi connectivity index (χ2n) is 6.30. The number of anilines is 1. The van der Waals surface area contributed by atoms with Gasteiger partial charge in [0.1, 0.15) is 29.0 Å². The van der Waals surface area contributed by atoms with Gasteiger partial charge in [0.15, 0.2) is 11.5 Å². The zero-order valence-electron chi connectivity index (χ0n) is 14.8. The summed E-state index contributed by atoms with van der Waals surface area (Å²) < 4.78 is 22.8. The van der Waals surface area contributed by atoms with Gasteiger partial charge in [-0.25, -0.2) is 0 Å². The second kappa shape index (κ2) is 6.29. The van der Waals surface area contributed by atoms with E-state index in [0.717, 1.165) is 28.6 Å². The molecule has 0 saturated heterocycles. The molecule has 6 nitrogen and oxygen atoms in total. The SMILES string of the molecule is CC(=O)Nc1cc2c(cc1C(c1ccc(C)o1)c1ccc(C)o1)OCO2. The van der Waals surface area contributed by atoms with E-state index in [-0.39, 0.29) is 18.6 Å². The van der Waals surface area contributed by atoms with Crippen LogP contribution in [-0.4, -0.2) is 12.7 Å². The predicted octanol–water partition coefficient (Wildman–Crippen LogP) is 4.36. The van der Waals surface area contributed by atoms with E-state index in [1.807, 2.05) is 44.2 Å². The Labute approximate surface area is 150 Å². The Morgan fingerprint density at radius 1 is 0.962 bits per heavy atom. The summed E-state index contributed by atoms with van der Waals surface area (Å²) in [5.74, 6) is 3.78. The Morgan fingerprint density at radius 2 is 1.54 bits per heavy atom. The molecule has 26 heavy (non-hydrogen) atoms. The highest BCUT2D eigenvalue weighted by atomic mass is 16.7. The van der Waals surface area contributed by atoms with Crippen LogP contribution in [0.1, 0.15) is 41.4 Å². The summed E-state index contributed by atoms with van der Waals surface area (Å²) in [5, 5.41) is 2.88. The molecule has 4 rings (SSSR count). The highest BCUT2D eigenvalue weighted by molar-refractivity contribution is 5.90. The Hall–Kier alpha value is -3.15. The molecule has 1 aromatic carbocycles. The molecule has 0 saturated carbocycles. The molecule has 1 N–H and O–H groups in total. The Bertz CT molecular complexity index is 928. The minimum absolute atomic E-state index is 0.155. The molecule has 1 aliphatic rings. The van der Waals surface area contributed by atoms with E-state index in [0.29, 0.717) is 17.2 Å². The average Bonchev–Trinajstić information content (AvgIpc) is 3.29. The summed E-state index contributed by atoms with van der Waals surface area (Å²) in [4.78, 5) is 11.7. The Morgan fingerprint density at radius 3 is 2.04 bits per heavy atom. The van der Waals surface area contributed by atoms with Crippen LogP contribution >= 0.6 is 0 Å². The maximum Gasteiger partial charge on any atom is 0.231 e. The van der Waals surface area contributed by atoms with Crippen molar-refractivity contribution in [1.82, 2.24) is 0 Å². The first-order chi connectivity index (χ1) is 12.5. The molecule has 0 unspecified atom stereocenters. The third-order valence-corrected chi connectivity index (χ3v) is 4.26. The summed E-state index contributed by atoms with van der Waals surface area (Å²) in [6.45, 7) is 5.41. The molecule has 0 aliphatic carbocycles. The van der Waals surface area contributed by atoms with Crippen molar-refractivity contribution in [3.8, 4) is 11.5 Å². The van der Waals surface area contributed by atoms with Crippen molar-refractivity contribution >= 4 is 11.6 Å². The van der Waals surface area contributed by atoms with E-state index in [1.165, 1.54) is 6.92 Å². The molecule has 0 spiro atoms. The lowest BCUT2D eigenvalue weighted by Crippen LogP contribution is -2.11. The fourth-order valence-electron chi connectivity index (χ4n) is 3.16. The molecular formula is C20H19NO5. The molecule has 0 bridgehead atoms. The monoisotopic (exact) mass is 353 g/mol. The van der Waals surface area contributed by atoms with Crippen LogP contribution in [0.5, 0.6) is 11.5 Å². The van der Waals surface area contributed by atoms with Crippen LogP contribution in [0.4, 0.5) is 5.69 Å². The van der Waals surface area contributed by atoms with Crippen LogP contribution in [-0.2, 0) is 4.79 Å². The Kier molecular flexibility index (Phi) is 3.95. The van der Waals surface area contributed by atoms with Crippen LogP contribution in [0.15, 0.2) is 45.2 Å². The van der Waals surface area contributed by atoms with Crippen LogP contribution in [0.3, 0.4) is 0 Å². The first-order valence-electron chi connectivity index (χ1n) is 8.35. The lowest BCUT2D eigenvalue weighted by molar-refractivity contribution is -0.114. The highest BCUT2D eigenvalue weighted by Gasteiger charge is 2.29. The predicted molar refractivity (Wildman–Crippen MR) is 94.7 cm³/mol. The number of nitrogens with one attached hydrogen (secondary N) is 1. The van der Waals surface area contributed by atoms with E-state index < -0.39 is 0 Å². The number of furan rings is 2. The average molecular weight is 353 g/mol. The molecule has 3 heterocycles. The lowest BCUT2D eigenvalue weighted by atomic mass is 9.92. The molecule has 2 aromatic heterocycles. The van der Waals surface area contributed by atoms with Crippen molar-refractivity contribution in [2.45, 2.75) is 26.7 Å². The van der Waals surface area contributed by atoms with Gasteiger partial charge in [-0.1, -0.05) is 0 Å². The standard InChI is InChI=1S/C20H19NO5/c1-11-4-6-16(25-11)20(17-7-5-12(2)26-17)14-8-18-19(24-10-23-18)9-15(14)21-13(3)22/h4-9,20H,10H2,1-3H3,(H,21,22). The van der Waals surface area contributed by atoms with Gasteiger partial charge in [0, 0.05) is 18.7 Å². The van der Waals surface area contributed by atoms with E-state index in [2.05, 4.69) is 5.32 Å². The van der Waals surface area contributed by atoms with E-state index in [1.54, 1.807) is 6.07 Å². The van der Waals surface area contributed by atoms with Crippen LogP contribution < -0.4 is 14.8 Å². The van der Waals surface area contributed by atoms with Crippen LogP contribution in [0.25, 0.3) is 0 Å². The maximum atomic E-state index is 11.7. The molecule has 0 atom stereocenters. The minimum atomic E-state index is -0.325. The third-order valence-electron chi connectivity index (χ3n) is 4.26. The van der Waals surface area contributed by atoms with E-state index in [9.17, 15) is 4.79 Å². The second-order valence-corrected chi connectivity index (χ2v) is 6.30. The smallest absolute Gasteiger partial charge is 0.231 e. The normalized spacial score (nSPS) is 12.6. The molecule has 1 amide bonds. The van der Waals surface area contributed by atoms with Crippen molar-refractivity contribution in [3.63, 3.8) is 0 Å². The summed E-state index contributed by atoms with van der Waals surface area (Å²) in [6.07, 6.45) is 0. The summed E-state index contributed by atoms with van der Waals surface area (Å²) >= 11 is 0.